The molecule has 1 amide bonds. The number of carboxylic acids is 1. The van der Waals surface area contributed by atoms with Crippen LogP contribution >= 0.6 is 0 Å². The van der Waals surface area contributed by atoms with Gasteiger partial charge in [0.05, 0.1) is 26.2 Å². The van der Waals surface area contributed by atoms with Crippen molar-refractivity contribution in [3.05, 3.63) is 0 Å². The van der Waals surface area contributed by atoms with Gasteiger partial charge >= 0.3 is 5.97 Å². The number of carboxylic acid groups (broad SMARTS) is 1. The maximum Gasteiger partial charge on any atom is 0.317 e. The van der Waals surface area contributed by atoms with Crippen LogP contribution in [-0.4, -0.2) is 146 Å². The van der Waals surface area contributed by atoms with Gasteiger partial charge < -0.3 is 19.6 Å². The van der Waals surface area contributed by atoms with Crippen LogP contribution in [0.3, 0.4) is 0 Å². The lowest BCUT2D eigenvalue weighted by Crippen LogP contribution is -2.49. The van der Waals surface area contributed by atoms with Gasteiger partial charge in [0.15, 0.2) is 0 Å². The maximum absolute atomic E-state index is 14.1. The van der Waals surface area contributed by atoms with Gasteiger partial charge in [0.2, 0.25) is 5.91 Å². The van der Waals surface area contributed by atoms with Crippen LogP contribution in [0.15, 0.2) is 0 Å². The molecular weight excluding hydrogens is 775 g/mol. The first-order chi connectivity index (χ1) is 30.4. The Balaban J connectivity index is 2.63. The summed E-state index contributed by atoms with van der Waals surface area (Å²) in [5, 5.41) is 9.65. The minimum Gasteiger partial charge on any atom is -0.480 e. The number of carbonyl (C=O) groups is 4. The smallest absolute Gasteiger partial charge is 0.317 e. The highest BCUT2D eigenvalue weighted by Gasteiger charge is 2.21. The predicted molar refractivity (Wildman–Crippen MR) is 261 cm³/mol. The zero-order valence-corrected chi connectivity index (χ0v) is 41.0. The fraction of sp³-hybridized carbons (Fsp3) is 0.923. The zero-order valence-electron chi connectivity index (χ0n) is 41.0. The minimum atomic E-state index is -0.873. The van der Waals surface area contributed by atoms with E-state index in [9.17, 15) is 24.3 Å². The number of unbranched alkanes of at least 4 members (excludes halogenated alkanes) is 30. The van der Waals surface area contributed by atoms with Crippen molar-refractivity contribution in [2.24, 2.45) is 0 Å². The third kappa shape index (κ3) is 36.5. The average molecular weight is 876 g/mol. The van der Waals surface area contributed by atoms with Crippen molar-refractivity contribution in [1.29, 1.82) is 0 Å². The van der Waals surface area contributed by atoms with Gasteiger partial charge in [-0.15, -0.1) is 0 Å². The van der Waals surface area contributed by atoms with Crippen LogP contribution in [0, 0.1) is 0 Å². The Kier molecular flexibility index (Phi) is 41.6. The van der Waals surface area contributed by atoms with Gasteiger partial charge in [0.1, 0.15) is 12.6 Å². The van der Waals surface area contributed by atoms with Crippen LogP contribution in [0.5, 0.6) is 0 Å². The Morgan fingerprint density at radius 3 is 0.887 bits per heavy atom. The van der Waals surface area contributed by atoms with Crippen molar-refractivity contribution in [3.8, 4) is 0 Å². The van der Waals surface area contributed by atoms with Gasteiger partial charge in [0.25, 0.3) is 0 Å². The monoisotopic (exact) mass is 876 g/mol. The molecule has 0 aromatic rings. The van der Waals surface area contributed by atoms with Gasteiger partial charge in [-0.1, -0.05) is 206 Å². The van der Waals surface area contributed by atoms with E-state index in [4.69, 9.17) is 0 Å². The molecule has 0 radical (unpaired) electrons. The van der Waals surface area contributed by atoms with Gasteiger partial charge in [-0.05, 0) is 12.8 Å². The Morgan fingerprint density at radius 1 is 0.387 bits per heavy atom. The molecule has 0 bridgehead atoms. The molecule has 0 aromatic heterocycles. The molecule has 1 aliphatic heterocycles. The summed E-state index contributed by atoms with van der Waals surface area (Å²) in [6.45, 7) is 11.7. The second-order valence-electron chi connectivity index (χ2n) is 18.9. The molecule has 0 aromatic carbocycles. The number of aliphatic carboxylic acids is 1. The zero-order chi connectivity index (χ0) is 45.0. The van der Waals surface area contributed by atoms with Gasteiger partial charge in [-0.25, -0.2) is 0 Å². The van der Waals surface area contributed by atoms with Crippen LogP contribution in [0.25, 0.3) is 0 Å². The second-order valence-corrected chi connectivity index (χ2v) is 18.9. The fourth-order valence-corrected chi connectivity index (χ4v) is 9.02. The van der Waals surface area contributed by atoms with Gasteiger partial charge in [-0.3, -0.25) is 29.2 Å². The quantitative estimate of drug-likeness (QED) is 0.0474. The standard InChI is InChI=1S/C52H101N5O5/c1-3-5-7-9-11-13-15-17-19-21-23-25-27-29-31-33-35-57(36-34-32-30-28-26-24-22-20-18-16-14-12-10-8-6-4-2)51(60)49-55-41-39-53(45-47-58)37-38-54(46-48-59)40-42-56(44-43-55)50-52(61)62/h47-48H,3-46,49-50H2,1-2H3,(H,61,62). The van der Waals surface area contributed by atoms with Crippen LogP contribution in [0.1, 0.15) is 219 Å². The summed E-state index contributed by atoms with van der Waals surface area (Å²) in [6, 6.07) is 0. The second kappa shape index (κ2) is 44.3. The molecule has 0 atom stereocenters. The van der Waals surface area contributed by atoms with E-state index >= 15 is 0 Å². The number of rotatable bonds is 42. The number of amides is 1. The van der Waals surface area contributed by atoms with Crippen LogP contribution < -0.4 is 0 Å². The molecule has 1 heterocycles. The molecule has 0 unspecified atom stereocenters. The minimum absolute atomic E-state index is 0.0708. The summed E-state index contributed by atoms with van der Waals surface area (Å²) in [4.78, 5) is 59.2. The SMILES string of the molecule is CCCCCCCCCCCCCCCCCCN(CCCCCCCCCCCCCCCCCC)C(=O)CN1CCN(CC=O)CCN(CC=O)CCN(CC(=O)O)CC1. The predicted octanol–water partition coefficient (Wildman–Crippen LogP) is 11.0. The highest BCUT2D eigenvalue weighted by Crippen LogP contribution is 2.16. The molecule has 1 rings (SSSR count). The third-order valence-electron chi connectivity index (χ3n) is 13.2. The van der Waals surface area contributed by atoms with E-state index in [2.05, 4.69) is 28.5 Å². The largest absolute Gasteiger partial charge is 0.480 e. The molecule has 0 spiro atoms. The number of hydrogen-bond acceptors (Lipinski definition) is 8. The number of hydrogen-bond donors (Lipinski definition) is 1. The van der Waals surface area contributed by atoms with Crippen molar-refractivity contribution in [3.63, 3.8) is 0 Å². The summed E-state index contributed by atoms with van der Waals surface area (Å²) in [6.07, 6.45) is 44.5. The molecule has 10 nitrogen and oxygen atoms in total. The first-order valence-corrected chi connectivity index (χ1v) is 26.7. The van der Waals surface area contributed by atoms with Crippen LogP contribution in [0.2, 0.25) is 0 Å². The summed E-state index contributed by atoms with van der Waals surface area (Å²) < 4.78 is 0. The molecule has 1 fully saturated rings. The first-order valence-electron chi connectivity index (χ1n) is 26.7. The molecule has 364 valence electrons. The van der Waals surface area contributed by atoms with E-state index in [-0.39, 0.29) is 19.0 Å². The Labute approximate surface area is 383 Å². The molecular formula is C52H101N5O5. The van der Waals surface area contributed by atoms with Crippen molar-refractivity contribution < 1.29 is 24.3 Å². The lowest BCUT2D eigenvalue weighted by molar-refractivity contribution is -0.139. The van der Waals surface area contributed by atoms with Crippen molar-refractivity contribution in [2.45, 2.75) is 219 Å². The highest BCUT2D eigenvalue weighted by atomic mass is 16.4. The molecule has 0 saturated carbocycles. The molecule has 1 N–H and O–H groups in total. The number of carbonyl (C=O) groups excluding carboxylic acids is 3. The maximum atomic E-state index is 14.1. The van der Waals surface area contributed by atoms with E-state index in [0.29, 0.717) is 65.4 Å². The summed E-state index contributed by atoms with van der Waals surface area (Å²) in [5.41, 5.74) is 0. The van der Waals surface area contributed by atoms with E-state index in [1.165, 1.54) is 180 Å². The van der Waals surface area contributed by atoms with E-state index < -0.39 is 5.97 Å². The molecule has 62 heavy (non-hydrogen) atoms. The summed E-state index contributed by atoms with van der Waals surface area (Å²) >= 11 is 0. The lowest BCUT2D eigenvalue weighted by atomic mass is 10.0. The Bertz CT molecular complexity index is 998. The number of nitrogens with zero attached hydrogens (tertiary/aromatic N) is 5. The highest BCUT2D eigenvalue weighted by molar-refractivity contribution is 5.78. The van der Waals surface area contributed by atoms with E-state index in [0.717, 1.165) is 51.3 Å². The van der Waals surface area contributed by atoms with Crippen LogP contribution in [0.4, 0.5) is 0 Å². The van der Waals surface area contributed by atoms with E-state index in [1.54, 1.807) is 0 Å². The molecule has 1 saturated heterocycles. The Morgan fingerprint density at radius 2 is 0.629 bits per heavy atom. The molecule has 10 heteroatoms. The topological polar surface area (TPSA) is 105 Å². The van der Waals surface area contributed by atoms with Crippen LogP contribution in [-0.2, 0) is 19.2 Å². The third-order valence-corrected chi connectivity index (χ3v) is 13.2. The fourth-order valence-electron chi connectivity index (χ4n) is 9.02. The average Bonchev–Trinajstić information content (AvgIpc) is 3.25. The first kappa shape index (κ1) is 58.1. The molecule has 1 aliphatic rings. The van der Waals surface area contributed by atoms with Crippen molar-refractivity contribution in [1.82, 2.24) is 24.5 Å². The Hall–Kier alpha value is -1.88. The van der Waals surface area contributed by atoms with Crippen molar-refractivity contribution >= 4 is 24.4 Å². The van der Waals surface area contributed by atoms with Crippen molar-refractivity contribution in [2.75, 3.05) is 91.6 Å². The summed E-state index contributed by atoms with van der Waals surface area (Å²) in [5.74, 6) is -0.703. The van der Waals surface area contributed by atoms with Gasteiger partial charge in [0, 0.05) is 65.4 Å². The number of aldehydes is 2. The normalized spacial score (nSPS) is 15.3. The summed E-state index contributed by atoms with van der Waals surface area (Å²) in [7, 11) is 0. The van der Waals surface area contributed by atoms with Gasteiger partial charge in [-0.2, -0.15) is 0 Å². The van der Waals surface area contributed by atoms with E-state index in [1.807, 2.05) is 9.80 Å². The lowest BCUT2D eigenvalue weighted by Gasteiger charge is -2.33. The molecule has 0 aliphatic carbocycles.